The summed E-state index contributed by atoms with van der Waals surface area (Å²) in [5.74, 6) is 0. The predicted octanol–water partition coefficient (Wildman–Crippen LogP) is 7.47. The van der Waals surface area contributed by atoms with Gasteiger partial charge in [0, 0.05) is 35.8 Å². The average molecular weight is 630 g/mol. The lowest BCUT2D eigenvalue weighted by molar-refractivity contribution is 0.0593. The van der Waals surface area contributed by atoms with Gasteiger partial charge in [-0.05, 0) is 48.4 Å². The number of rotatable bonds is 9. The van der Waals surface area contributed by atoms with Crippen LogP contribution in [0.5, 0.6) is 0 Å². The molecule has 2 aromatic carbocycles. The first-order chi connectivity index (χ1) is 21.4. The van der Waals surface area contributed by atoms with Crippen LogP contribution in [0.25, 0.3) is 22.2 Å². The van der Waals surface area contributed by atoms with Crippen molar-refractivity contribution in [2.24, 2.45) is 12.5 Å². The average Bonchev–Trinajstić information content (AvgIpc) is 3.47. The van der Waals surface area contributed by atoms with Crippen LogP contribution < -0.4 is 10.6 Å². The maximum Gasteiger partial charge on any atom is 0.263 e. The van der Waals surface area contributed by atoms with Gasteiger partial charge in [-0.15, -0.1) is 5.10 Å². The summed E-state index contributed by atoms with van der Waals surface area (Å²) in [5.41, 5.74) is 5.07. The summed E-state index contributed by atoms with van der Waals surface area (Å²) >= 11 is 6.70. The van der Waals surface area contributed by atoms with Gasteiger partial charge < -0.3 is 15.2 Å². The quantitative estimate of drug-likeness (QED) is 0.174. The molecule has 6 rings (SSSR count). The molecule has 0 amide bonds. The molecule has 3 aromatic heterocycles. The van der Waals surface area contributed by atoms with Crippen LogP contribution in [0.1, 0.15) is 62.0 Å². The zero-order valence-electron chi connectivity index (χ0n) is 25.7. The zero-order valence-corrected chi connectivity index (χ0v) is 26.5. The maximum absolute atomic E-state index is 14.0. The summed E-state index contributed by atoms with van der Waals surface area (Å²) in [5, 5.41) is 26.7. The minimum atomic E-state index is -2.55. The van der Waals surface area contributed by atoms with E-state index in [0.29, 0.717) is 57.9 Å². The Morgan fingerprint density at radius 3 is 2.60 bits per heavy atom. The number of halogens is 3. The summed E-state index contributed by atoms with van der Waals surface area (Å²) in [6.07, 6.45) is 4.83. The molecule has 3 heterocycles. The number of nitriles is 1. The summed E-state index contributed by atoms with van der Waals surface area (Å²) in [6, 6.07) is 11.2. The van der Waals surface area contributed by atoms with E-state index in [9.17, 15) is 14.0 Å². The van der Waals surface area contributed by atoms with E-state index in [-0.39, 0.29) is 5.41 Å². The Hall–Kier alpha value is -4.56. The standard InChI is InChI=1S/C33H34ClF2N9/c1-19-22(27-15-38-18-44(27)5)7-6-8-23(19)30(26-16-45(43-42-26)33(9-10-33)31(35)36)41-25-12-21(34)11-24-28(40-17-32(2,3)4)20(13-37)14-39-29(24)25/h6-8,11-12,14-16,18,30-31,41H,9-10,17H2,1-5H3,(H,39,40)/t30-/m0/s1. The number of aromatic nitrogens is 6. The molecular weight excluding hydrogens is 596 g/mol. The van der Waals surface area contributed by atoms with Crippen LogP contribution in [0.2, 0.25) is 5.02 Å². The minimum absolute atomic E-state index is 0.0492. The molecule has 0 bridgehead atoms. The van der Waals surface area contributed by atoms with Crippen molar-refractivity contribution in [2.75, 3.05) is 17.2 Å². The van der Waals surface area contributed by atoms with Crippen molar-refractivity contribution in [3.8, 4) is 17.3 Å². The van der Waals surface area contributed by atoms with Gasteiger partial charge in [0.05, 0.1) is 52.9 Å². The van der Waals surface area contributed by atoms with Crippen LogP contribution in [0.15, 0.2) is 55.2 Å². The monoisotopic (exact) mass is 629 g/mol. The van der Waals surface area contributed by atoms with Gasteiger partial charge in [0.15, 0.2) is 0 Å². The number of alkyl halides is 2. The Labute approximate surface area is 265 Å². The summed E-state index contributed by atoms with van der Waals surface area (Å²) in [7, 11) is 1.93. The Morgan fingerprint density at radius 2 is 1.96 bits per heavy atom. The Morgan fingerprint density at radius 1 is 1.18 bits per heavy atom. The molecule has 232 valence electrons. The van der Waals surface area contributed by atoms with E-state index in [2.05, 4.69) is 57.8 Å². The molecule has 1 aliphatic carbocycles. The van der Waals surface area contributed by atoms with E-state index < -0.39 is 18.0 Å². The molecular formula is C33H34ClF2N9. The summed E-state index contributed by atoms with van der Waals surface area (Å²) < 4.78 is 31.3. The lowest BCUT2D eigenvalue weighted by Crippen LogP contribution is -2.26. The van der Waals surface area contributed by atoms with Gasteiger partial charge in [-0.25, -0.2) is 18.4 Å². The van der Waals surface area contributed by atoms with Crippen molar-refractivity contribution in [3.63, 3.8) is 0 Å². The molecule has 1 fully saturated rings. The molecule has 0 aliphatic heterocycles. The highest BCUT2D eigenvalue weighted by molar-refractivity contribution is 6.32. The van der Waals surface area contributed by atoms with Gasteiger partial charge in [0.2, 0.25) is 0 Å². The van der Waals surface area contributed by atoms with Crippen molar-refractivity contribution >= 4 is 33.9 Å². The molecule has 0 unspecified atom stereocenters. The summed E-state index contributed by atoms with van der Waals surface area (Å²) in [6.45, 7) is 8.95. The third-order valence-electron chi connectivity index (χ3n) is 8.36. The number of hydrogen-bond donors (Lipinski definition) is 2. The molecule has 2 N–H and O–H groups in total. The van der Waals surface area contributed by atoms with Crippen molar-refractivity contribution in [3.05, 3.63) is 82.7 Å². The number of nitrogens with zero attached hydrogens (tertiary/aromatic N) is 7. The first-order valence-corrected chi connectivity index (χ1v) is 15.1. The molecule has 1 aliphatic rings. The van der Waals surface area contributed by atoms with Crippen molar-refractivity contribution < 1.29 is 8.78 Å². The Kier molecular flexibility index (Phi) is 7.73. The van der Waals surface area contributed by atoms with Crippen LogP contribution >= 0.6 is 11.6 Å². The third-order valence-corrected chi connectivity index (χ3v) is 8.58. The fraction of sp³-hybridized carbons (Fsp3) is 0.364. The number of nitrogens with one attached hydrogen (secondary N) is 2. The topological polar surface area (TPSA) is 109 Å². The van der Waals surface area contributed by atoms with Crippen molar-refractivity contribution in [1.82, 2.24) is 29.5 Å². The Balaban J connectivity index is 1.51. The lowest BCUT2D eigenvalue weighted by atomic mass is 9.93. The predicted molar refractivity (Wildman–Crippen MR) is 171 cm³/mol. The van der Waals surface area contributed by atoms with Crippen LogP contribution in [0.3, 0.4) is 0 Å². The molecule has 0 saturated heterocycles. The number of benzene rings is 2. The van der Waals surface area contributed by atoms with Crippen LogP contribution in [0.4, 0.5) is 20.2 Å². The van der Waals surface area contributed by atoms with E-state index in [1.165, 1.54) is 4.68 Å². The van der Waals surface area contributed by atoms with Crippen LogP contribution in [-0.4, -0.2) is 42.5 Å². The highest BCUT2D eigenvalue weighted by atomic mass is 35.5. The van der Waals surface area contributed by atoms with E-state index in [1.54, 1.807) is 37.1 Å². The molecule has 0 radical (unpaired) electrons. The number of hydrogen-bond acceptors (Lipinski definition) is 7. The van der Waals surface area contributed by atoms with Crippen molar-refractivity contribution in [2.45, 2.75) is 58.5 Å². The molecule has 5 aromatic rings. The van der Waals surface area contributed by atoms with Gasteiger partial charge >= 0.3 is 0 Å². The third kappa shape index (κ3) is 5.71. The second-order valence-corrected chi connectivity index (χ2v) is 13.3. The number of anilines is 2. The zero-order chi connectivity index (χ0) is 32.1. The summed E-state index contributed by atoms with van der Waals surface area (Å²) in [4.78, 5) is 8.96. The number of aryl methyl sites for hydroxylation is 1. The van der Waals surface area contributed by atoms with Crippen LogP contribution in [-0.2, 0) is 12.6 Å². The number of pyridine rings is 1. The normalized spacial score (nSPS) is 14.8. The fourth-order valence-electron chi connectivity index (χ4n) is 5.64. The molecule has 9 nitrogen and oxygen atoms in total. The Bertz CT molecular complexity index is 1930. The lowest BCUT2D eigenvalue weighted by Gasteiger charge is -2.24. The van der Waals surface area contributed by atoms with E-state index >= 15 is 0 Å². The smallest absolute Gasteiger partial charge is 0.263 e. The molecule has 0 spiro atoms. The van der Waals surface area contributed by atoms with Gasteiger partial charge in [-0.3, -0.25) is 4.98 Å². The second kappa shape index (κ2) is 11.4. The van der Waals surface area contributed by atoms with Crippen LogP contribution in [0, 0.1) is 23.7 Å². The van der Waals surface area contributed by atoms with Gasteiger partial charge in [-0.2, -0.15) is 5.26 Å². The number of fused-ring (bicyclic) bond motifs is 1. The first-order valence-electron chi connectivity index (χ1n) is 14.7. The SMILES string of the molecule is Cc1c(-c2cncn2C)cccc1[C@H](Nc1cc(Cl)cc2c(NCC(C)(C)C)c(C#N)cnc12)c1cn(C2(C(F)F)CC2)nn1. The van der Waals surface area contributed by atoms with E-state index in [4.69, 9.17) is 11.6 Å². The fourth-order valence-corrected chi connectivity index (χ4v) is 5.85. The second-order valence-electron chi connectivity index (χ2n) is 12.9. The van der Waals surface area contributed by atoms with Gasteiger partial charge in [0.25, 0.3) is 6.43 Å². The molecule has 1 atom stereocenters. The largest absolute Gasteiger partial charge is 0.383 e. The highest BCUT2D eigenvalue weighted by Gasteiger charge is 2.54. The van der Waals surface area contributed by atoms with Crippen molar-refractivity contribution in [1.29, 1.82) is 5.26 Å². The minimum Gasteiger partial charge on any atom is -0.383 e. The molecule has 45 heavy (non-hydrogen) atoms. The van der Waals surface area contributed by atoms with Gasteiger partial charge in [0.1, 0.15) is 17.3 Å². The van der Waals surface area contributed by atoms with Gasteiger partial charge in [-0.1, -0.05) is 55.8 Å². The highest BCUT2D eigenvalue weighted by Crippen LogP contribution is 2.48. The van der Waals surface area contributed by atoms with E-state index in [1.807, 2.05) is 36.7 Å². The maximum atomic E-state index is 14.0. The molecule has 12 heteroatoms. The molecule has 1 saturated carbocycles. The number of imidazole rings is 1. The first kappa shape index (κ1) is 30.5. The van der Waals surface area contributed by atoms with E-state index in [0.717, 1.165) is 22.4 Å².